The molecule has 4 nitrogen and oxygen atoms in total. The van der Waals surface area contributed by atoms with Crippen LogP contribution in [-0.2, 0) is 17.6 Å². The van der Waals surface area contributed by atoms with Crippen LogP contribution in [0, 0.1) is 0 Å². The van der Waals surface area contributed by atoms with Crippen molar-refractivity contribution in [2.45, 2.75) is 12.8 Å². The van der Waals surface area contributed by atoms with Gasteiger partial charge in [-0.05, 0) is 24.1 Å². The largest absolute Gasteiger partial charge is 0.357 e. The maximum absolute atomic E-state index is 12.5. The van der Waals surface area contributed by atoms with Crippen molar-refractivity contribution >= 4 is 39.0 Å². The lowest BCUT2D eigenvalue weighted by Crippen LogP contribution is -2.30. The molecule has 0 aliphatic heterocycles. The van der Waals surface area contributed by atoms with E-state index in [-0.39, 0.29) is 12.3 Å². The van der Waals surface area contributed by atoms with Gasteiger partial charge < -0.3 is 9.88 Å². The van der Waals surface area contributed by atoms with E-state index in [2.05, 4.69) is 33.0 Å². The highest BCUT2D eigenvalue weighted by molar-refractivity contribution is 9.10. The fraction of sp³-hybridized carbons (Fsp3) is 0.200. The summed E-state index contributed by atoms with van der Waals surface area (Å²) in [5, 5.41) is 0.826. The predicted octanol–water partition coefficient (Wildman–Crippen LogP) is 3.99. The average Bonchev–Trinajstić information content (AvgIpc) is 2.98. The Bertz CT molecular complexity index is 903. The molecule has 0 bridgehead atoms. The number of carbonyl (C=O) groups is 2. The van der Waals surface area contributed by atoms with Crippen LogP contribution >= 0.6 is 15.9 Å². The zero-order valence-electron chi connectivity index (χ0n) is 14.0. The number of nitrogens with zero attached hydrogens (tertiary/aromatic N) is 1. The van der Waals surface area contributed by atoms with Crippen LogP contribution in [0.3, 0.4) is 0 Å². The first-order valence-electron chi connectivity index (χ1n) is 8.12. The highest BCUT2D eigenvalue weighted by atomic mass is 79.9. The number of fused-ring (bicyclic) bond motifs is 1. The maximum Gasteiger partial charge on any atom is 0.228 e. The minimum absolute atomic E-state index is 0.0123. The Labute approximate surface area is 155 Å². The third-order valence-electron chi connectivity index (χ3n) is 4.34. The molecule has 1 amide bonds. The molecule has 25 heavy (non-hydrogen) atoms. The Morgan fingerprint density at radius 2 is 1.92 bits per heavy atom. The van der Waals surface area contributed by atoms with Gasteiger partial charge in [-0.25, -0.2) is 0 Å². The van der Waals surface area contributed by atoms with E-state index in [1.54, 1.807) is 11.9 Å². The summed E-state index contributed by atoms with van der Waals surface area (Å²) in [4.78, 5) is 29.0. The SMILES string of the molecule is CN(CCc1ccccc1)C(=O)Cc1[nH]c2cccc(Br)c2c1C=O. The lowest BCUT2D eigenvalue weighted by atomic mass is 10.1. The molecule has 0 saturated carbocycles. The van der Waals surface area contributed by atoms with E-state index in [1.165, 1.54) is 5.56 Å². The number of hydrogen-bond acceptors (Lipinski definition) is 2. The Hall–Kier alpha value is -2.40. The van der Waals surface area contributed by atoms with Crippen LogP contribution in [-0.4, -0.2) is 35.7 Å². The molecule has 0 aliphatic carbocycles. The van der Waals surface area contributed by atoms with Gasteiger partial charge in [-0.3, -0.25) is 9.59 Å². The molecule has 3 aromatic rings. The third-order valence-corrected chi connectivity index (χ3v) is 5.00. The standard InChI is InChI=1S/C20H19BrN2O2/c1-23(11-10-14-6-3-2-4-7-14)19(25)12-18-15(13-24)20-16(21)8-5-9-17(20)22-18/h2-9,13,22H,10-12H2,1H3. The minimum atomic E-state index is -0.0123. The summed E-state index contributed by atoms with van der Waals surface area (Å²) in [6.07, 6.45) is 1.80. The second kappa shape index (κ2) is 7.66. The number of hydrogen-bond donors (Lipinski definition) is 1. The molecule has 128 valence electrons. The van der Waals surface area contributed by atoms with Crippen LogP contribution in [0.1, 0.15) is 21.6 Å². The molecule has 0 radical (unpaired) electrons. The number of aromatic amines is 1. The summed E-state index contributed by atoms with van der Waals surface area (Å²) < 4.78 is 0.847. The molecular weight excluding hydrogens is 380 g/mol. The van der Waals surface area contributed by atoms with E-state index < -0.39 is 0 Å². The second-order valence-corrected chi connectivity index (χ2v) is 6.88. The van der Waals surface area contributed by atoms with E-state index in [9.17, 15) is 9.59 Å². The Kier molecular flexibility index (Phi) is 5.34. The molecule has 0 atom stereocenters. The number of amides is 1. The van der Waals surface area contributed by atoms with Gasteiger partial charge in [-0.15, -0.1) is 0 Å². The zero-order chi connectivity index (χ0) is 17.8. The quantitative estimate of drug-likeness (QED) is 0.638. The van der Waals surface area contributed by atoms with E-state index in [4.69, 9.17) is 0 Å². The topological polar surface area (TPSA) is 53.2 Å². The zero-order valence-corrected chi connectivity index (χ0v) is 15.5. The highest BCUT2D eigenvalue weighted by Gasteiger charge is 2.17. The van der Waals surface area contributed by atoms with Gasteiger partial charge in [0.05, 0.1) is 6.42 Å². The Balaban J connectivity index is 1.73. The molecule has 3 rings (SSSR count). The minimum Gasteiger partial charge on any atom is -0.357 e. The van der Waals surface area contributed by atoms with Crippen LogP contribution in [0.4, 0.5) is 0 Å². The molecule has 1 heterocycles. The monoisotopic (exact) mass is 398 g/mol. The van der Waals surface area contributed by atoms with Crippen molar-refractivity contribution in [3.05, 3.63) is 69.8 Å². The van der Waals surface area contributed by atoms with Gasteiger partial charge in [-0.1, -0.05) is 52.3 Å². The van der Waals surface area contributed by atoms with Gasteiger partial charge in [0.15, 0.2) is 6.29 Å². The van der Waals surface area contributed by atoms with Crippen molar-refractivity contribution in [2.75, 3.05) is 13.6 Å². The van der Waals surface area contributed by atoms with Gasteiger partial charge in [-0.2, -0.15) is 0 Å². The number of likely N-dealkylation sites (N-methyl/N-ethyl adjacent to an activating group) is 1. The highest BCUT2D eigenvalue weighted by Crippen LogP contribution is 2.29. The first kappa shape index (κ1) is 17.4. The number of H-pyrrole nitrogens is 1. The third kappa shape index (κ3) is 3.82. The Morgan fingerprint density at radius 3 is 2.64 bits per heavy atom. The van der Waals surface area contributed by atoms with Crippen LogP contribution in [0.2, 0.25) is 0 Å². The number of aromatic nitrogens is 1. The molecular formula is C20H19BrN2O2. The van der Waals surface area contributed by atoms with Crippen molar-refractivity contribution in [1.29, 1.82) is 0 Å². The van der Waals surface area contributed by atoms with Crippen molar-refractivity contribution in [3.8, 4) is 0 Å². The molecule has 0 saturated heterocycles. The number of carbonyl (C=O) groups excluding carboxylic acids is 2. The summed E-state index contributed by atoms with van der Waals surface area (Å²) in [5.74, 6) is -0.0123. The molecule has 5 heteroatoms. The van der Waals surface area contributed by atoms with Crippen LogP contribution in [0.15, 0.2) is 53.0 Å². The fourth-order valence-electron chi connectivity index (χ4n) is 2.90. The molecule has 0 unspecified atom stereocenters. The van der Waals surface area contributed by atoms with E-state index >= 15 is 0 Å². The van der Waals surface area contributed by atoms with Crippen LogP contribution in [0.25, 0.3) is 10.9 Å². The first-order valence-corrected chi connectivity index (χ1v) is 8.91. The van der Waals surface area contributed by atoms with Crippen molar-refractivity contribution in [2.24, 2.45) is 0 Å². The lowest BCUT2D eigenvalue weighted by molar-refractivity contribution is -0.129. The van der Waals surface area contributed by atoms with Gasteiger partial charge in [0.25, 0.3) is 0 Å². The molecule has 2 aromatic carbocycles. The number of benzene rings is 2. The summed E-state index contributed by atoms with van der Waals surface area (Å²) in [7, 11) is 1.80. The van der Waals surface area contributed by atoms with E-state index in [0.717, 1.165) is 28.1 Å². The normalized spacial score (nSPS) is 10.8. The smallest absolute Gasteiger partial charge is 0.228 e. The first-order chi connectivity index (χ1) is 12.1. The van der Waals surface area contributed by atoms with Crippen molar-refractivity contribution in [3.63, 3.8) is 0 Å². The lowest BCUT2D eigenvalue weighted by Gasteiger charge is -2.17. The van der Waals surface area contributed by atoms with Crippen molar-refractivity contribution in [1.82, 2.24) is 9.88 Å². The number of nitrogens with one attached hydrogen (secondary N) is 1. The predicted molar refractivity (Wildman–Crippen MR) is 103 cm³/mol. The Morgan fingerprint density at radius 1 is 1.16 bits per heavy atom. The number of halogens is 1. The van der Waals surface area contributed by atoms with Gasteiger partial charge in [0.2, 0.25) is 5.91 Å². The summed E-state index contributed by atoms with van der Waals surface area (Å²) in [6.45, 7) is 0.642. The summed E-state index contributed by atoms with van der Waals surface area (Å²) in [6, 6.07) is 15.8. The molecule has 0 fully saturated rings. The van der Waals surface area contributed by atoms with Crippen LogP contribution < -0.4 is 0 Å². The second-order valence-electron chi connectivity index (χ2n) is 6.03. The molecule has 1 N–H and O–H groups in total. The van der Waals surface area contributed by atoms with E-state index in [1.807, 2.05) is 36.4 Å². The molecule has 0 aliphatic rings. The van der Waals surface area contributed by atoms with Gasteiger partial charge in [0.1, 0.15) is 0 Å². The fourth-order valence-corrected chi connectivity index (χ4v) is 3.48. The maximum atomic E-state index is 12.5. The van der Waals surface area contributed by atoms with Gasteiger partial charge in [0, 0.05) is 40.2 Å². The van der Waals surface area contributed by atoms with Crippen LogP contribution in [0.5, 0.6) is 0 Å². The summed E-state index contributed by atoms with van der Waals surface area (Å²) in [5.41, 5.74) is 3.26. The summed E-state index contributed by atoms with van der Waals surface area (Å²) >= 11 is 3.47. The van der Waals surface area contributed by atoms with Gasteiger partial charge >= 0.3 is 0 Å². The average molecular weight is 399 g/mol. The molecule has 0 spiro atoms. The van der Waals surface area contributed by atoms with E-state index in [0.29, 0.717) is 17.8 Å². The number of rotatable bonds is 6. The van der Waals surface area contributed by atoms with Crippen molar-refractivity contribution < 1.29 is 9.59 Å². The molecule has 1 aromatic heterocycles. The number of aldehydes is 1.